The molecule has 1 aliphatic rings. The molecule has 0 fully saturated rings. The molecule has 0 spiro atoms. The van der Waals surface area contributed by atoms with Crippen LogP contribution in [-0.4, -0.2) is 30.5 Å². The molecule has 0 unspecified atom stereocenters. The van der Waals surface area contributed by atoms with Crippen LogP contribution in [-0.2, 0) is 26.6 Å². The number of nitrogens with two attached hydrogens (primary N) is 1. The van der Waals surface area contributed by atoms with E-state index in [1.165, 1.54) is 33.8 Å². The molecule has 132 valence electrons. The second kappa shape index (κ2) is 5.61. The number of hydrogen-bond acceptors (Lipinski definition) is 5. The zero-order chi connectivity index (χ0) is 18.5. The SMILES string of the molecule is CC(=O)Cc1cc(F)c(F)c([C@]2(C)CS(=O)(=O)C(C)(C)C(N)=N2)c1. The first-order valence-corrected chi connectivity index (χ1v) is 9.01. The number of rotatable bonds is 3. The minimum atomic E-state index is -3.74. The van der Waals surface area contributed by atoms with Crippen molar-refractivity contribution in [1.29, 1.82) is 0 Å². The Labute approximate surface area is 139 Å². The minimum absolute atomic E-state index is 0.0856. The normalized spacial score (nSPS) is 25.2. The van der Waals surface area contributed by atoms with Crippen molar-refractivity contribution in [3.8, 4) is 0 Å². The van der Waals surface area contributed by atoms with E-state index in [9.17, 15) is 22.0 Å². The largest absolute Gasteiger partial charge is 0.386 e. The number of carbonyl (C=O) groups excluding carboxylic acids is 1. The predicted octanol–water partition coefficient (Wildman–Crippen LogP) is 1.88. The van der Waals surface area contributed by atoms with Gasteiger partial charge in [0.25, 0.3) is 0 Å². The summed E-state index contributed by atoms with van der Waals surface area (Å²) < 4.78 is 52.0. The average Bonchev–Trinajstić information content (AvgIpc) is 2.39. The molecule has 0 radical (unpaired) electrons. The fourth-order valence-corrected chi connectivity index (χ4v) is 4.39. The van der Waals surface area contributed by atoms with Crippen LogP contribution in [0.3, 0.4) is 0 Å². The molecule has 0 aromatic heterocycles. The van der Waals surface area contributed by atoms with Gasteiger partial charge >= 0.3 is 0 Å². The first kappa shape index (κ1) is 18.5. The maximum absolute atomic E-state index is 14.4. The number of carbonyl (C=O) groups is 1. The Kier molecular flexibility index (Phi) is 4.33. The van der Waals surface area contributed by atoms with Gasteiger partial charge in [0.2, 0.25) is 0 Å². The summed E-state index contributed by atoms with van der Waals surface area (Å²) >= 11 is 0. The van der Waals surface area contributed by atoms with Crippen LogP contribution < -0.4 is 5.73 Å². The average molecular weight is 358 g/mol. The first-order valence-electron chi connectivity index (χ1n) is 7.36. The highest BCUT2D eigenvalue weighted by atomic mass is 32.2. The van der Waals surface area contributed by atoms with Gasteiger partial charge in [0.05, 0.1) is 5.75 Å². The summed E-state index contributed by atoms with van der Waals surface area (Å²) in [7, 11) is -3.74. The fourth-order valence-electron chi connectivity index (χ4n) is 2.71. The van der Waals surface area contributed by atoms with E-state index in [1.54, 1.807) is 0 Å². The molecule has 0 bridgehead atoms. The maximum Gasteiger partial charge on any atom is 0.165 e. The molecule has 0 saturated carbocycles. The molecule has 2 rings (SSSR count). The topological polar surface area (TPSA) is 89.6 Å². The molecule has 0 aliphatic carbocycles. The van der Waals surface area contributed by atoms with E-state index in [0.717, 1.165) is 6.07 Å². The first-order chi connectivity index (χ1) is 10.8. The van der Waals surface area contributed by atoms with Crippen LogP contribution in [0.5, 0.6) is 0 Å². The van der Waals surface area contributed by atoms with E-state index in [-0.39, 0.29) is 29.2 Å². The predicted molar refractivity (Wildman–Crippen MR) is 87.6 cm³/mol. The van der Waals surface area contributed by atoms with E-state index in [1.807, 2.05) is 0 Å². The van der Waals surface area contributed by atoms with E-state index in [2.05, 4.69) is 4.99 Å². The Morgan fingerprint density at radius 3 is 2.38 bits per heavy atom. The van der Waals surface area contributed by atoms with Gasteiger partial charge in [-0.15, -0.1) is 0 Å². The molecule has 5 nitrogen and oxygen atoms in total. The second-order valence-electron chi connectivity index (χ2n) is 6.86. The summed E-state index contributed by atoms with van der Waals surface area (Å²) in [6.45, 7) is 5.56. The van der Waals surface area contributed by atoms with Crippen molar-refractivity contribution in [2.24, 2.45) is 10.7 Å². The Balaban J connectivity index is 2.69. The molecule has 24 heavy (non-hydrogen) atoms. The highest BCUT2D eigenvalue weighted by Crippen LogP contribution is 2.38. The van der Waals surface area contributed by atoms with E-state index in [0.29, 0.717) is 0 Å². The summed E-state index contributed by atoms with van der Waals surface area (Å²) in [4.78, 5) is 15.4. The molecule has 2 N–H and O–H groups in total. The van der Waals surface area contributed by atoms with Gasteiger partial charge in [-0.1, -0.05) is 0 Å². The van der Waals surface area contributed by atoms with Gasteiger partial charge in [-0.05, 0) is 45.4 Å². The van der Waals surface area contributed by atoms with Crippen molar-refractivity contribution in [2.75, 3.05) is 5.75 Å². The lowest BCUT2D eigenvalue weighted by Crippen LogP contribution is -2.55. The van der Waals surface area contributed by atoms with Crippen LogP contribution in [0.1, 0.15) is 38.8 Å². The smallest absolute Gasteiger partial charge is 0.165 e. The van der Waals surface area contributed by atoms with E-state index >= 15 is 0 Å². The van der Waals surface area contributed by atoms with Gasteiger partial charge in [-0.25, -0.2) is 17.2 Å². The van der Waals surface area contributed by atoms with E-state index in [4.69, 9.17) is 5.73 Å². The van der Waals surface area contributed by atoms with Gasteiger partial charge in [0.1, 0.15) is 21.9 Å². The van der Waals surface area contributed by atoms with Crippen LogP contribution in [0.15, 0.2) is 17.1 Å². The third kappa shape index (κ3) is 2.94. The Morgan fingerprint density at radius 2 is 1.88 bits per heavy atom. The number of amidine groups is 1. The van der Waals surface area contributed by atoms with Crippen molar-refractivity contribution in [2.45, 2.75) is 44.4 Å². The zero-order valence-electron chi connectivity index (χ0n) is 14.0. The Hall–Kier alpha value is -1.83. The number of sulfone groups is 1. The number of hydrogen-bond donors (Lipinski definition) is 1. The van der Waals surface area contributed by atoms with Crippen molar-refractivity contribution in [1.82, 2.24) is 0 Å². The van der Waals surface area contributed by atoms with Crippen molar-refractivity contribution in [3.63, 3.8) is 0 Å². The third-order valence-corrected chi connectivity index (χ3v) is 7.06. The van der Waals surface area contributed by atoms with Crippen LogP contribution in [0, 0.1) is 11.6 Å². The standard InChI is InChI=1S/C16H20F2N2O3S/c1-9(21)5-10-6-11(13(18)12(17)7-10)16(4)8-24(22,23)15(2,3)14(19)20-16/h6-7H,5,8H2,1-4H3,(H2,19,20)/t16-/m0/s1. The van der Waals surface area contributed by atoms with E-state index < -0.39 is 37.5 Å². The number of Topliss-reactive ketones (excluding diaryl/α,β-unsaturated/α-hetero) is 1. The summed E-state index contributed by atoms with van der Waals surface area (Å²) in [6.07, 6.45) is -0.0856. The van der Waals surface area contributed by atoms with Crippen molar-refractivity contribution in [3.05, 3.63) is 34.9 Å². The Morgan fingerprint density at radius 1 is 1.29 bits per heavy atom. The van der Waals surface area contributed by atoms with Gasteiger partial charge in [0.15, 0.2) is 21.5 Å². The highest BCUT2D eigenvalue weighted by Gasteiger charge is 2.49. The summed E-state index contributed by atoms with van der Waals surface area (Å²) in [5.41, 5.74) is 4.29. The molecule has 1 aromatic rings. The monoisotopic (exact) mass is 358 g/mol. The molecule has 1 aromatic carbocycles. The van der Waals surface area contributed by atoms with Crippen molar-refractivity contribution < 1.29 is 22.0 Å². The minimum Gasteiger partial charge on any atom is -0.386 e. The van der Waals surface area contributed by atoms with Crippen LogP contribution >= 0.6 is 0 Å². The molecule has 0 amide bonds. The summed E-state index contributed by atoms with van der Waals surface area (Å²) in [6, 6.07) is 2.21. The number of halogens is 2. The van der Waals surface area contributed by atoms with Crippen molar-refractivity contribution >= 4 is 21.5 Å². The molecule has 1 aliphatic heterocycles. The zero-order valence-corrected chi connectivity index (χ0v) is 14.8. The lowest BCUT2D eigenvalue weighted by atomic mass is 9.90. The highest BCUT2D eigenvalue weighted by molar-refractivity contribution is 7.93. The molecular formula is C16H20F2N2O3S. The lowest BCUT2D eigenvalue weighted by Gasteiger charge is -2.38. The van der Waals surface area contributed by atoms with Gasteiger partial charge < -0.3 is 5.73 Å². The molecule has 1 atom stereocenters. The second-order valence-corrected chi connectivity index (χ2v) is 9.40. The number of benzene rings is 1. The number of ketones is 1. The molecule has 0 saturated heterocycles. The lowest BCUT2D eigenvalue weighted by molar-refractivity contribution is -0.116. The van der Waals surface area contributed by atoms with Crippen LogP contribution in [0.25, 0.3) is 0 Å². The van der Waals surface area contributed by atoms with Gasteiger partial charge in [0, 0.05) is 12.0 Å². The van der Waals surface area contributed by atoms with Crippen LogP contribution in [0.4, 0.5) is 8.78 Å². The van der Waals surface area contributed by atoms with Gasteiger partial charge in [-0.2, -0.15) is 0 Å². The fraction of sp³-hybridized carbons (Fsp3) is 0.500. The quantitative estimate of drug-likeness (QED) is 0.893. The van der Waals surface area contributed by atoms with Gasteiger partial charge in [-0.3, -0.25) is 9.79 Å². The van der Waals surface area contributed by atoms with Crippen LogP contribution in [0.2, 0.25) is 0 Å². The number of aliphatic imine (C=N–C) groups is 1. The summed E-state index contributed by atoms with van der Waals surface area (Å²) in [5, 5.41) is 0. The third-order valence-electron chi connectivity index (χ3n) is 4.35. The number of nitrogens with zero attached hydrogens (tertiary/aromatic N) is 1. The molecule has 8 heteroatoms. The Bertz CT molecular complexity index is 847. The maximum atomic E-state index is 14.4. The molecule has 1 heterocycles. The summed E-state index contributed by atoms with van der Waals surface area (Å²) in [5.74, 6) is -3.23. The molecular weight excluding hydrogens is 338 g/mol.